The fourth-order valence-corrected chi connectivity index (χ4v) is 2.62. The van der Waals surface area contributed by atoms with Crippen LogP contribution < -0.4 is 9.47 Å². The van der Waals surface area contributed by atoms with Crippen molar-refractivity contribution in [3.63, 3.8) is 0 Å². The molecule has 0 bridgehead atoms. The van der Waals surface area contributed by atoms with Crippen molar-refractivity contribution < 1.29 is 23.8 Å². The molecule has 0 aliphatic carbocycles. The molecule has 1 aliphatic rings. The summed E-state index contributed by atoms with van der Waals surface area (Å²) in [6.45, 7) is 6.95. The molecule has 0 saturated heterocycles. The zero-order valence-electron chi connectivity index (χ0n) is 15.2. The lowest BCUT2D eigenvalue weighted by atomic mass is 9.86. The highest BCUT2D eigenvalue weighted by molar-refractivity contribution is 5.99. The van der Waals surface area contributed by atoms with E-state index in [0.717, 1.165) is 5.56 Å². The molecule has 0 amide bonds. The molecule has 2 aromatic rings. The molecule has 0 spiro atoms. The second-order valence-electron chi connectivity index (χ2n) is 7.19. The predicted octanol–water partition coefficient (Wildman–Crippen LogP) is 3.80. The summed E-state index contributed by atoms with van der Waals surface area (Å²) in [6, 6.07) is 12.2. The highest BCUT2D eigenvalue weighted by Crippen LogP contribution is 2.31. The largest absolute Gasteiger partial charge is 0.486 e. The SMILES string of the molecule is CC(C)(C)c1ccc(C(=O)COC(=O)c2ccc3c(c2)OCCO3)cc1. The molecule has 0 N–H and O–H groups in total. The van der Waals surface area contributed by atoms with Gasteiger partial charge in [0.25, 0.3) is 0 Å². The van der Waals surface area contributed by atoms with E-state index < -0.39 is 5.97 Å². The van der Waals surface area contributed by atoms with Crippen molar-refractivity contribution in [2.75, 3.05) is 19.8 Å². The van der Waals surface area contributed by atoms with Crippen molar-refractivity contribution in [3.8, 4) is 11.5 Å². The number of hydrogen-bond acceptors (Lipinski definition) is 5. The molecule has 5 nitrogen and oxygen atoms in total. The molecule has 0 aromatic heterocycles. The smallest absolute Gasteiger partial charge is 0.338 e. The summed E-state index contributed by atoms with van der Waals surface area (Å²) >= 11 is 0. The lowest BCUT2D eigenvalue weighted by molar-refractivity contribution is 0.0474. The van der Waals surface area contributed by atoms with E-state index in [2.05, 4.69) is 20.8 Å². The van der Waals surface area contributed by atoms with Crippen molar-refractivity contribution in [1.29, 1.82) is 0 Å². The fourth-order valence-electron chi connectivity index (χ4n) is 2.62. The number of rotatable bonds is 4. The van der Waals surface area contributed by atoms with Crippen molar-refractivity contribution in [1.82, 2.24) is 0 Å². The number of esters is 1. The Balaban J connectivity index is 1.61. The molecule has 2 aromatic carbocycles. The minimum Gasteiger partial charge on any atom is -0.486 e. The van der Waals surface area contributed by atoms with E-state index in [1.165, 1.54) is 0 Å². The van der Waals surface area contributed by atoms with Gasteiger partial charge >= 0.3 is 5.97 Å². The minimum atomic E-state index is -0.568. The minimum absolute atomic E-state index is 0.0201. The van der Waals surface area contributed by atoms with Crippen LogP contribution in [0.15, 0.2) is 42.5 Å². The molecule has 136 valence electrons. The first kappa shape index (κ1) is 18.0. The maximum absolute atomic E-state index is 12.3. The Morgan fingerprint density at radius 2 is 1.54 bits per heavy atom. The van der Waals surface area contributed by atoms with Gasteiger partial charge in [0.2, 0.25) is 0 Å². The van der Waals surface area contributed by atoms with Crippen LogP contribution in [-0.4, -0.2) is 31.6 Å². The van der Waals surface area contributed by atoms with Crippen molar-refractivity contribution in [2.24, 2.45) is 0 Å². The van der Waals surface area contributed by atoms with Crippen LogP contribution in [0.5, 0.6) is 11.5 Å². The van der Waals surface area contributed by atoms with Gasteiger partial charge < -0.3 is 14.2 Å². The third-order valence-electron chi connectivity index (χ3n) is 4.19. The number of fused-ring (bicyclic) bond motifs is 1. The second kappa shape index (κ2) is 7.20. The number of ether oxygens (including phenoxy) is 3. The van der Waals surface area contributed by atoms with Gasteiger partial charge in [-0.1, -0.05) is 45.0 Å². The zero-order chi connectivity index (χ0) is 18.7. The third kappa shape index (κ3) is 4.04. The highest BCUT2D eigenvalue weighted by Gasteiger charge is 2.18. The van der Waals surface area contributed by atoms with Crippen LogP contribution >= 0.6 is 0 Å². The topological polar surface area (TPSA) is 61.8 Å². The van der Waals surface area contributed by atoms with E-state index in [4.69, 9.17) is 14.2 Å². The highest BCUT2D eigenvalue weighted by atomic mass is 16.6. The molecule has 26 heavy (non-hydrogen) atoms. The first-order valence-corrected chi connectivity index (χ1v) is 8.55. The molecule has 0 unspecified atom stereocenters. The Hall–Kier alpha value is -2.82. The zero-order valence-corrected chi connectivity index (χ0v) is 15.2. The van der Waals surface area contributed by atoms with Gasteiger partial charge in [0.1, 0.15) is 13.2 Å². The average molecular weight is 354 g/mol. The van der Waals surface area contributed by atoms with E-state index in [9.17, 15) is 9.59 Å². The van der Waals surface area contributed by atoms with Gasteiger partial charge in [0, 0.05) is 5.56 Å². The van der Waals surface area contributed by atoms with Crippen LogP contribution in [0, 0.1) is 0 Å². The Morgan fingerprint density at radius 1 is 0.923 bits per heavy atom. The lowest BCUT2D eigenvalue weighted by Crippen LogP contribution is -2.17. The van der Waals surface area contributed by atoms with E-state index in [1.807, 2.05) is 12.1 Å². The van der Waals surface area contributed by atoms with Gasteiger partial charge in [-0.25, -0.2) is 4.79 Å². The Bertz CT molecular complexity index is 815. The van der Waals surface area contributed by atoms with E-state index >= 15 is 0 Å². The van der Waals surface area contributed by atoms with Crippen LogP contribution in [0.25, 0.3) is 0 Å². The summed E-state index contributed by atoms with van der Waals surface area (Å²) in [5.41, 5.74) is 2.01. The van der Waals surface area contributed by atoms with Crippen LogP contribution in [0.3, 0.4) is 0 Å². The van der Waals surface area contributed by atoms with Crippen LogP contribution in [0.1, 0.15) is 47.1 Å². The predicted molar refractivity (Wildman–Crippen MR) is 97.2 cm³/mol. The van der Waals surface area contributed by atoms with Crippen molar-refractivity contribution >= 4 is 11.8 Å². The molecule has 0 atom stereocenters. The normalized spacial score (nSPS) is 13.2. The second-order valence-corrected chi connectivity index (χ2v) is 7.19. The molecule has 0 fully saturated rings. The summed E-state index contributed by atoms with van der Waals surface area (Å²) in [4.78, 5) is 24.4. The average Bonchev–Trinajstić information content (AvgIpc) is 2.64. The summed E-state index contributed by atoms with van der Waals surface area (Å²) in [5.74, 6) is 0.301. The fraction of sp³-hybridized carbons (Fsp3) is 0.333. The molecule has 0 radical (unpaired) electrons. The molecular formula is C21H22O5. The summed E-state index contributed by atoms with van der Waals surface area (Å²) < 4.78 is 16.0. The Morgan fingerprint density at radius 3 is 2.19 bits per heavy atom. The summed E-state index contributed by atoms with van der Waals surface area (Å²) in [7, 11) is 0. The number of hydrogen-bond donors (Lipinski definition) is 0. The number of ketones is 1. The number of benzene rings is 2. The van der Waals surface area contributed by atoms with Gasteiger partial charge in [0.15, 0.2) is 23.9 Å². The number of Topliss-reactive ketones (excluding diaryl/α,β-unsaturated/α-hetero) is 1. The standard InChI is InChI=1S/C21H22O5/c1-21(2,3)16-7-4-14(5-8-16)17(22)13-26-20(23)15-6-9-18-19(12-15)25-11-10-24-18/h4-9,12H,10-11,13H2,1-3H3. The van der Waals surface area contributed by atoms with Gasteiger partial charge in [-0.3, -0.25) is 4.79 Å². The first-order valence-electron chi connectivity index (χ1n) is 8.55. The van der Waals surface area contributed by atoms with E-state index in [-0.39, 0.29) is 17.8 Å². The Kier molecular flexibility index (Phi) is 4.98. The molecule has 0 saturated carbocycles. The van der Waals surface area contributed by atoms with Gasteiger partial charge in [-0.2, -0.15) is 0 Å². The van der Waals surface area contributed by atoms with Crippen molar-refractivity contribution in [3.05, 3.63) is 59.2 Å². The van der Waals surface area contributed by atoms with Gasteiger partial charge in [-0.05, 0) is 29.2 Å². The van der Waals surface area contributed by atoms with Crippen LogP contribution in [-0.2, 0) is 10.2 Å². The maximum Gasteiger partial charge on any atom is 0.338 e. The van der Waals surface area contributed by atoms with E-state index in [0.29, 0.717) is 35.8 Å². The van der Waals surface area contributed by atoms with Crippen LogP contribution in [0.4, 0.5) is 0 Å². The lowest BCUT2D eigenvalue weighted by Gasteiger charge is -2.19. The van der Waals surface area contributed by atoms with Crippen molar-refractivity contribution in [2.45, 2.75) is 26.2 Å². The monoisotopic (exact) mass is 354 g/mol. The quantitative estimate of drug-likeness (QED) is 0.617. The number of carbonyl (C=O) groups is 2. The van der Waals surface area contributed by atoms with Gasteiger partial charge in [-0.15, -0.1) is 0 Å². The first-order chi connectivity index (χ1) is 12.3. The maximum atomic E-state index is 12.3. The van der Waals surface area contributed by atoms with E-state index in [1.54, 1.807) is 30.3 Å². The molecule has 1 heterocycles. The molecular weight excluding hydrogens is 332 g/mol. The molecule has 3 rings (SSSR count). The molecule has 1 aliphatic heterocycles. The molecule has 5 heteroatoms. The summed E-state index contributed by atoms with van der Waals surface area (Å²) in [5, 5.41) is 0. The van der Waals surface area contributed by atoms with Gasteiger partial charge in [0.05, 0.1) is 5.56 Å². The number of carbonyl (C=O) groups excluding carboxylic acids is 2. The Labute approximate surface area is 152 Å². The summed E-state index contributed by atoms with van der Waals surface area (Å²) in [6.07, 6.45) is 0. The third-order valence-corrected chi connectivity index (χ3v) is 4.19. The van der Waals surface area contributed by atoms with Crippen LogP contribution in [0.2, 0.25) is 0 Å².